The fourth-order valence-corrected chi connectivity index (χ4v) is 1.81. The molecular weight excluding hydrogens is 264 g/mol. The van der Waals surface area contributed by atoms with E-state index in [0.717, 1.165) is 30.7 Å². The molecule has 0 saturated carbocycles. The summed E-state index contributed by atoms with van der Waals surface area (Å²) >= 11 is 0. The van der Waals surface area contributed by atoms with Crippen molar-refractivity contribution in [2.45, 2.75) is 46.6 Å². The molecule has 1 amide bonds. The molecule has 0 bridgehead atoms. The first-order chi connectivity index (χ1) is 9.90. The molecule has 4 heteroatoms. The van der Waals surface area contributed by atoms with Crippen LogP contribution in [0.5, 0.6) is 0 Å². The van der Waals surface area contributed by atoms with Crippen molar-refractivity contribution in [1.29, 1.82) is 0 Å². The first-order valence-electron chi connectivity index (χ1n) is 7.57. The summed E-state index contributed by atoms with van der Waals surface area (Å²) < 4.78 is 5.55. The van der Waals surface area contributed by atoms with Crippen LogP contribution in [-0.2, 0) is 16.1 Å². The average Bonchev–Trinajstić information content (AvgIpc) is 2.41. The zero-order valence-corrected chi connectivity index (χ0v) is 13.4. The summed E-state index contributed by atoms with van der Waals surface area (Å²) in [5.74, 6) is 0.0172. The number of benzene rings is 1. The van der Waals surface area contributed by atoms with E-state index >= 15 is 0 Å². The van der Waals surface area contributed by atoms with Gasteiger partial charge in [-0.05, 0) is 36.0 Å². The summed E-state index contributed by atoms with van der Waals surface area (Å²) in [5, 5.41) is 2.88. The van der Waals surface area contributed by atoms with Crippen molar-refractivity contribution in [1.82, 2.24) is 0 Å². The molecule has 0 aliphatic carbocycles. The van der Waals surface area contributed by atoms with Crippen molar-refractivity contribution in [3.8, 4) is 0 Å². The van der Waals surface area contributed by atoms with E-state index in [1.54, 1.807) is 0 Å². The van der Waals surface area contributed by atoms with Crippen LogP contribution in [0.2, 0.25) is 0 Å². The minimum Gasteiger partial charge on any atom is -0.381 e. The van der Waals surface area contributed by atoms with Gasteiger partial charge < -0.3 is 15.8 Å². The second-order valence-corrected chi connectivity index (χ2v) is 6.48. The molecule has 0 fully saturated rings. The lowest BCUT2D eigenvalue weighted by Crippen LogP contribution is -2.14. The molecule has 1 aromatic rings. The third-order valence-electron chi connectivity index (χ3n) is 3.14. The van der Waals surface area contributed by atoms with Crippen molar-refractivity contribution in [3.63, 3.8) is 0 Å². The van der Waals surface area contributed by atoms with Gasteiger partial charge in [-0.2, -0.15) is 0 Å². The number of anilines is 1. The number of hydrogen-bond donors (Lipinski definition) is 2. The van der Waals surface area contributed by atoms with Gasteiger partial charge in [-0.25, -0.2) is 0 Å². The van der Waals surface area contributed by atoms with Crippen molar-refractivity contribution in [2.75, 3.05) is 18.5 Å². The maximum Gasteiger partial charge on any atom is 0.224 e. The van der Waals surface area contributed by atoms with Gasteiger partial charge in [-0.15, -0.1) is 0 Å². The maximum absolute atomic E-state index is 11.8. The molecular formula is C17H28N2O2. The van der Waals surface area contributed by atoms with Gasteiger partial charge >= 0.3 is 0 Å². The Morgan fingerprint density at radius 3 is 2.71 bits per heavy atom. The number of rotatable bonds is 8. The maximum atomic E-state index is 11.8. The van der Waals surface area contributed by atoms with Crippen LogP contribution in [0.3, 0.4) is 0 Å². The normalized spacial score (nSPS) is 11.4. The van der Waals surface area contributed by atoms with Crippen molar-refractivity contribution in [2.24, 2.45) is 11.1 Å². The molecule has 0 aliphatic heterocycles. The van der Waals surface area contributed by atoms with E-state index < -0.39 is 0 Å². The van der Waals surface area contributed by atoms with Crippen LogP contribution in [0.15, 0.2) is 24.3 Å². The third kappa shape index (κ3) is 8.48. The summed E-state index contributed by atoms with van der Waals surface area (Å²) in [6.07, 6.45) is 2.25. The molecule has 0 aliphatic rings. The molecule has 0 saturated heterocycles. The molecule has 0 spiro atoms. The van der Waals surface area contributed by atoms with E-state index in [1.165, 1.54) is 0 Å². The molecule has 0 unspecified atom stereocenters. The van der Waals surface area contributed by atoms with Crippen LogP contribution in [0.4, 0.5) is 5.69 Å². The zero-order chi connectivity index (χ0) is 15.7. The number of carbonyl (C=O) groups is 1. The lowest BCUT2D eigenvalue weighted by atomic mass is 9.93. The quantitative estimate of drug-likeness (QED) is 0.722. The summed E-state index contributed by atoms with van der Waals surface area (Å²) in [6, 6.07) is 7.61. The predicted octanol–water partition coefficient (Wildman–Crippen LogP) is 3.32. The number of hydrogen-bond acceptors (Lipinski definition) is 3. The van der Waals surface area contributed by atoms with Gasteiger partial charge in [0.2, 0.25) is 5.91 Å². The van der Waals surface area contributed by atoms with E-state index in [0.29, 0.717) is 25.0 Å². The van der Waals surface area contributed by atoms with Gasteiger partial charge in [0.05, 0.1) is 0 Å². The van der Waals surface area contributed by atoms with Gasteiger partial charge in [0, 0.05) is 31.9 Å². The number of nitrogens with two attached hydrogens (primary N) is 1. The monoisotopic (exact) mass is 292 g/mol. The molecule has 21 heavy (non-hydrogen) atoms. The first kappa shape index (κ1) is 17.7. The van der Waals surface area contributed by atoms with E-state index in [1.807, 2.05) is 24.3 Å². The minimum atomic E-state index is 0.0172. The van der Waals surface area contributed by atoms with Gasteiger partial charge in [0.25, 0.3) is 0 Å². The molecule has 3 N–H and O–H groups in total. The Hall–Kier alpha value is -1.39. The molecule has 1 rings (SSSR count). The summed E-state index contributed by atoms with van der Waals surface area (Å²) in [4.78, 5) is 11.8. The first-order valence-corrected chi connectivity index (χ1v) is 7.57. The van der Waals surface area contributed by atoms with Crippen LogP contribution in [-0.4, -0.2) is 19.1 Å². The molecule has 1 aromatic carbocycles. The third-order valence-corrected chi connectivity index (χ3v) is 3.14. The van der Waals surface area contributed by atoms with Crippen molar-refractivity contribution >= 4 is 11.6 Å². The fourth-order valence-electron chi connectivity index (χ4n) is 1.81. The van der Waals surface area contributed by atoms with Crippen LogP contribution in [0.25, 0.3) is 0 Å². The Morgan fingerprint density at radius 2 is 2.05 bits per heavy atom. The molecule has 4 nitrogen and oxygen atoms in total. The van der Waals surface area contributed by atoms with Crippen LogP contribution in [0.1, 0.15) is 45.6 Å². The highest BCUT2D eigenvalue weighted by molar-refractivity contribution is 5.90. The molecule has 118 valence electrons. The standard InChI is InChI=1S/C17H28N2O2/c1-17(2,3)9-11-21-10-5-8-16(20)19-15-7-4-6-14(12-15)13-18/h4,6-7,12H,5,8-11,13,18H2,1-3H3,(H,19,20). The van der Waals surface area contributed by atoms with Crippen molar-refractivity contribution in [3.05, 3.63) is 29.8 Å². The second-order valence-electron chi connectivity index (χ2n) is 6.48. The van der Waals surface area contributed by atoms with Gasteiger partial charge in [0.1, 0.15) is 0 Å². The Morgan fingerprint density at radius 1 is 1.29 bits per heavy atom. The second kappa shape index (κ2) is 8.80. The Labute approximate surface area is 128 Å². The van der Waals surface area contributed by atoms with Gasteiger partial charge in [0.15, 0.2) is 0 Å². The predicted molar refractivity (Wildman–Crippen MR) is 87.1 cm³/mol. The zero-order valence-electron chi connectivity index (χ0n) is 13.4. The van der Waals surface area contributed by atoms with Crippen LogP contribution >= 0.6 is 0 Å². The molecule has 0 heterocycles. The number of ether oxygens (including phenoxy) is 1. The summed E-state index contributed by atoms with van der Waals surface area (Å²) in [5.41, 5.74) is 7.69. The van der Waals surface area contributed by atoms with Gasteiger partial charge in [-0.1, -0.05) is 32.9 Å². The smallest absolute Gasteiger partial charge is 0.224 e. The number of carbonyl (C=O) groups excluding carboxylic acids is 1. The molecule has 0 aromatic heterocycles. The van der Waals surface area contributed by atoms with Crippen LogP contribution in [0, 0.1) is 5.41 Å². The van der Waals surface area contributed by atoms with E-state index in [4.69, 9.17) is 10.5 Å². The van der Waals surface area contributed by atoms with E-state index in [2.05, 4.69) is 26.1 Å². The Kier molecular flexibility index (Phi) is 7.40. The number of nitrogens with one attached hydrogen (secondary N) is 1. The van der Waals surface area contributed by atoms with E-state index in [-0.39, 0.29) is 5.91 Å². The van der Waals surface area contributed by atoms with Crippen LogP contribution < -0.4 is 11.1 Å². The largest absolute Gasteiger partial charge is 0.381 e. The minimum absolute atomic E-state index is 0.0172. The Bertz CT molecular complexity index is 439. The fraction of sp³-hybridized carbons (Fsp3) is 0.588. The van der Waals surface area contributed by atoms with Gasteiger partial charge in [-0.3, -0.25) is 4.79 Å². The molecule has 0 radical (unpaired) electrons. The average molecular weight is 292 g/mol. The lowest BCUT2D eigenvalue weighted by molar-refractivity contribution is -0.116. The van der Waals surface area contributed by atoms with Crippen molar-refractivity contribution < 1.29 is 9.53 Å². The summed E-state index contributed by atoms with van der Waals surface area (Å²) in [7, 11) is 0. The molecule has 0 atom stereocenters. The summed E-state index contributed by atoms with van der Waals surface area (Å²) in [6.45, 7) is 8.44. The SMILES string of the molecule is CC(C)(C)CCOCCCC(=O)Nc1cccc(CN)c1. The van der Waals surface area contributed by atoms with E-state index in [9.17, 15) is 4.79 Å². The highest BCUT2D eigenvalue weighted by Crippen LogP contribution is 2.18. The highest BCUT2D eigenvalue weighted by atomic mass is 16.5. The lowest BCUT2D eigenvalue weighted by Gasteiger charge is -2.17. The highest BCUT2D eigenvalue weighted by Gasteiger charge is 2.09. The Balaban J connectivity index is 2.16. The number of amides is 1. The topological polar surface area (TPSA) is 64.3 Å².